The van der Waals surface area contributed by atoms with Gasteiger partial charge in [-0.2, -0.15) is 11.3 Å². The molecule has 1 unspecified atom stereocenters. The maximum absolute atomic E-state index is 12.6. The van der Waals surface area contributed by atoms with Crippen LogP contribution in [-0.2, 0) is 16.1 Å². The third kappa shape index (κ3) is 2.88. The van der Waals surface area contributed by atoms with Gasteiger partial charge in [-0.05, 0) is 33.8 Å². The summed E-state index contributed by atoms with van der Waals surface area (Å²) in [5.41, 5.74) is 0.924. The lowest BCUT2D eigenvalue weighted by Crippen LogP contribution is -2.44. The molecule has 1 fully saturated rings. The van der Waals surface area contributed by atoms with Crippen LogP contribution in [0.3, 0.4) is 0 Å². The normalized spacial score (nSPS) is 18.2. The lowest BCUT2D eigenvalue weighted by atomic mass is 10.1. The highest BCUT2D eigenvalue weighted by molar-refractivity contribution is 7.16. The quantitative estimate of drug-likeness (QED) is 0.717. The zero-order valence-electron chi connectivity index (χ0n) is 12.8. The van der Waals surface area contributed by atoms with Crippen LogP contribution in [0.4, 0.5) is 0 Å². The molecule has 1 amide bonds. The van der Waals surface area contributed by atoms with E-state index in [2.05, 4.69) is 4.98 Å². The number of nitrogens with zero attached hydrogens (tertiary/aromatic N) is 3. The van der Waals surface area contributed by atoms with Gasteiger partial charge in [0.05, 0.1) is 24.9 Å². The van der Waals surface area contributed by atoms with Crippen LogP contribution in [0.15, 0.2) is 39.4 Å². The molecule has 0 aromatic carbocycles. The second-order valence-electron chi connectivity index (χ2n) is 5.57. The maximum atomic E-state index is 12.6. The van der Waals surface area contributed by atoms with E-state index >= 15 is 0 Å². The summed E-state index contributed by atoms with van der Waals surface area (Å²) in [7, 11) is 0. The van der Waals surface area contributed by atoms with Crippen LogP contribution >= 0.6 is 22.7 Å². The van der Waals surface area contributed by atoms with Gasteiger partial charge in [0.15, 0.2) is 0 Å². The molecular weight excluding hydrogens is 346 g/mol. The second kappa shape index (κ2) is 6.46. The van der Waals surface area contributed by atoms with E-state index in [4.69, 9.17) is 4.74 Å². The van der Waals surface area contributed by atoms with Gasteiger partial charge < -0.3 is 9.64 Å². The summed E-state index contributed by atoms with van der Waals surface area (Å²) < 4.78 is 7.14. The summed E-state index contributed by atoms with van der Waals surface area (Å²) in [6, 6.07) is 3.76. The number of carbonyl (C=O) groups is 1. The highest BCUT2D eigenvalue weighted by Crippen LogP contribution is 2.24. The fourth-order valence-corrected chi connectivity index (χ4v) is 4.21. The molecule has 8 heteroatoms. The summed E-state index contributed by atoms with van der Waals surface area (Å²) in [6.07, 6.45) is 1.36. The molecule has 0 N–H and O–H groups in total. The summed E-state index contributed by atoms with van der Waals surface area (Å²) >= 11 is 3.03. The van der Waals surface area contributed by atoms with E-state index in [-0.39, 0.29) is 24.1 Å². The van der Waals surface area contributed by atoms with Crippen LogP contribution in [0, 0.1) is 0 Å². The van der Waals surface area contributed by atoms with Gasteiger partial charge in [-0.25, -0.2) is 4.98 Å². The van der Waals surface area contributed by atoms with Crippen molar-refractivity contribution in [1.82, 2.24) is 14.5 Å². The number of hydrogen-bond donors (Lipinski definition) is 0. The third-order valence-corrected chi connectivity index (χ3v) is 5.61. The average Bonchev–Trinajstić information content (AvgIpc) is 3.29. The van der Waals surface area contributed by atoms with Gasteiger partial charge in [0.25, 0.3) is 5.56 Å². The summed E-state index contributed by atoms with van der Waals surface area (Å²) in [4.78, 5) is 31.7. The molecule has 1 atom stereocenters. The minimum atomic E-state index is -0.169. The van der Waals surface area contributed by atoms with Crippen LogP contribution in [0.1, 0.15) is 11.7 Å². The molecule has 1 aliphatic heterocycles. The van der Waals surface area contributed by atoms with Gasteiger partial charge in [0.1, 0.15) is 17.5 Å². The Morgan fingerprint density at radius 3 is 3.12 bits per heavy atom. The maximum Gasteiger partial charge on any atom is 0.262 e. The molecule has 0 radical (unpaired) electrons. The molecule has 3 aromatic rings. The van der Waals surface area contributed by atoms with Crippen LogP contribution in [0.25, 0.3) is 10.2 Å². The number of thiophene rings is 2. The van der Waals surface area contributed by atoms with Crippen molar-refractivity contribution in [1.29, 1.82) is 0 Å². The number of carbonyl (C=O) groups excluding carboxylic acids is 1. The molecule has 6 nitrogen and oxygen atoms in total. The van der Waals surface area contributed by atoms with E-state index in [1.54, 1.807) is 22.3 Å². The molecule has 0 saturated carbocycles. The fraction of sp³-hybridized carbons (Fsp3) is 0.312. The van der Waals surface area contributed by atoms with Crippen LogP contribution in [-0.4, -0.2) is 40.1 Å². The number of hydrogen-bond acceptors (Lipinski definition) is 6. The number of amides is 1. The van der Waals surface area contributed by atoms with E-state index in [9.17, 15) is 9.59 Å². The molecule has 0 spiro atoms. The molecule has 1 aliphatic rings. The predicted octanol–water partition coefficient (Wildman–Crippen LogP) is 2.12. The van der Waals surface area contributed by atoms with Crippen molar-refractivity contribution in [3.05, 3.63) is 50.5 Å². The van der Waals surface area contributed by atoms with E-state index < -0.39 is 0 Å². The monoisotopic (exact) mass is 361 g/mol. The zero-order valence-corrected chi connectivity index (χ0v) is 14.4. The smallest absolute Gasteiger partial charge is 0.262 e. The van der Waals surface area contributed by atoms with Crippen LogP contribution in [0.5, 0.6) is 0 Å². The highest BCUT2D eigenvalue weighted by Gasteiger charge is 2.26. The Balaban J connectivity index is 1.50. The van der Waals surface area contributed by atoms with Gasteiger partial charge in [-0.1, -0.05) is 0 Å². The van der Waals surface area contributed by atoms with Gasteiger partial charge in [-0.3, -0.25) is 14.2 Å². The number of aromatic nitrogens is 2. The Labute approximate surface area is 145 Å². The molecule has 4 heterocycles. The SMILES string of the molecule is O=C(Cn1cnc2sccc2c1=O)N1CCOC(c2ccsc2)C1. The zero-order chi connectivity index (χ0) is 16.5. The van der Waals surface area contributed by atoms with Crippen molar-refractivity contribution in [3.63, 3.8) is 0 Å². The minimum absolute atomic E-state index is 0.00791. The number of fused-ring (bicyclic) bond motifs is 1. The molecule has 3 aromatic heterocycles. The minimum Gasteiger partial charge on any atom is -0.370 e. The second-order valence-corrected chi connectivity index (χ2v) is 7.25. The molecule has 4 rings (SSSR count). The molecule has 0 aliphatic carbocycles. The number of ether oxygens (including phenoxy) is 1. The van der Waals surface area contributed by atoms with Crippen molar-refractivity contribution in [3.8, 4) is 0 Å². The van der Waals surface area contributed by atoms with Crippen LogP contribution < -0.4 is 5.56 Å². The van der Waals surface area contributed by atoms with Gasteiger partial charge >= 0.3 is 0 Å². The average molecular weight is 361 g/mol. The Kier molecular flexibility index (Phi) is 4.17. The fourth-order valence-electron chi connectivity index (χ4n) is 2.79. The number of morpholine rings is 1. The summed E-state index contributed by atoms with van der Waals surface area (Å²) in [5, 5.41) is 6.44. The highest BCUT2D eigenvalue weighted by atomic mass is 32.1. The third-order valence-electron chi connectivity index (χ3n) is 4.09. The molecule has 24 heavy (non-hydrogen) atoms. The van der Waals surface area contributed by atoms with Crippen molar-refractivity contribution in [2.45, 2.75) is 12.6 Å². The standard InChI is InChI=1S/C16H15N3O3S2/c20-14(8-19-10-17-15-12(16(19)21)2-6-24-15)18-3-4-22-13(7-18)11-1-5-23-9-11/h1-2,5-6,9-10,13H,3-4,7-8H2. The first-order valence-electron chi connectivity index (χ1n) is 7.56. The van der Waals surface area contributed by atoms with Crippen molar-refractivity contribution in [2.24, 2.45) is 0 Å². The Morgan fingerprint density at radius 2 is 2.29 bits per heavy atom. The Bertz CT molecular complexity index is 916. The van der Waals surface area contributed by atoms with Gasteiger partial charge in [0.2, 0.25) is 5.91 Å². The lowest BCUT2D eigenvalue weighted by Gasteiger charge is -2.32. The molecule has 124 valence electrons. The van der Waals surface area contributed by atoms with E-state index in [0.717, 1.165) is 5.56 Å². The number of rotatable bonds is 3. The van der Waals surface area contributed by atoms with Crippen molar-refractivity contribution in [2.75, 3.05) is 19.7 Å². The first-order valence-corrected chi connectivity index (χ1v) is 9.39. The van der Waals surface area contributed by atoms with Crippen molar-refractivity contribution >= 4 is 38.8 Å². The Hall–Kier alpha value is -2.03. The van der Waals surface area contributed by atoms with E-state index in [0.29, 0.717) is 29.9 Å². The molecule has 1 saturated heterocycles. The first kappa shape index (κ1) is 15.5. The summed E-state index contributed by atoms with van der Waals surface area (Å²) in [6.45, 7) is 1.57. The lowest BCUT2D eigenvalue weighted by molar-refractivity contribution is -0.139. The first-order chi connectivity index (χ1) is 11.7. The van der Waals surface area contributed by atoms with Gasteiger partial charge in [-0.15, -0.1) is 11.3 Å². The van der Waals surface area contributed by atoms with E-state index in [1.165, 1.54) is 22.2 Å². The topological polar surface area (TPSA) is 64.4 Å². The Morgan fingerprint density at radius 1 is 1.38 bits per heavy atom. The van der Waals surface area contributed by atoms with Crippen LogP contribution in [0.2, 0.25) is 0 Å². The van der Waals surface area contributed by atoms with Crippen molar-refractivity contribution < 1.29 is 9.53 Å². The van der Waals surface area contributed by atoms with Gasteiger partial charge in [0, 0.05) is 6.54 Å². The van der Waals surface area contributed by atoms with E-state index in [1.807, 2.05) is 22.2 Å². The summed E-state index contributed by atoms with van der Waals surface area (Å²) in [5.74, 6) is -0.0861. The molecular formula is C16H15N3O3S2. The molecule has 0 bridgehead atoms. The predicted molar refractivity (Wildman–Crippen MR) is 93.5 cm³/mol. The largest absolute Gasteiger partial charge is 0.370 e.